The minimum Gasteiger partial charge on any atom is -0.497 e. The summed E-state index contributed by atoms with van der Waals surface area (Å²) in [5, 5.41) is 17.1. The van der Waals surface area contributed by atoms with Gasteiger partial charge < -0.3 is 72.2 Å². The summed E-state index contributed by atoms with van der Waals surface area (Å²) in [5.41, 5.74) is 21.6. The van der Waals surface area contributed by atoms with Crippen LogP contribution in [0.15, 0.2) is 220 Å². The van der Waals surface area contributed by atoms with Gasteiger partial charge in [0.25, 0.3) is 5.92 Å². The van der Waals surface area contributed by atoms with E-state index in [0.29, 0.717) is 37.1 Å². The first-order valence-electron chi connectivity index (χ1n) is 52.2. The number of benzene rings is 8. The van der Waals surface area contributed by atoms with E-state index in [4.69, 9.17) is 57.8 Å². The number of hydrogen-bond acceptors (Lipinski definition) is 29. The van der Waals surface area contributed by atoms with Crippen LogP contribution < -0.4 is 57.5 Å². The monoisotopic (exact) mass is 2040 g/mol. The average Bonchev–Trinajstić information content (AvgIpc) is 0.910. The van der Waals surface area contributed by atoms with Crippen LogP contribution >= 0.6 is 0 Å². The quantitative estimate of drug-likeness (QED) is 0.0350. The summed E-state index contributed by atoms with van der Waals surface area (Å²) in [6.45, 7) is 17.6. The molecule has 5 aliphatic rings. The van der Waals surface area contributed by atoms with Crippen LogP contribution in [-0.4, -0.2) is 290 Å². The van der Waals surface area contributed by atoms with Crippen LogP contribution in [0.2, 0.25) is 0 Å². The van der Waals surface area contributed by atoms with Gasteiger partial charge >= 0.3 is 0 Å². The third-order valence-corrected chi connectivity index (χ3v) is 28.8. The molecule has 0 bridgehead atoms. The number of aromatic nitrogens is 16. The lowest BCUT2D eigenvalue weighted by molar-refractivity contribution is -0.130. The Morgan fingerprint density at radius 3 is 0.887 bits per heavy atom. The van der Waals surface area contributed by atoms with Crippen molar-refractivity contribution in [3.05, 3.63) is 220 Å². The van der Waals surface area contributed by atoms with Crippen molar-refractivity contribution in [2.45, 2.75) is 115 Å². The Morgan fingerprint density at radius 2 is 0.593 bits per heavy atom. The van der Waals surface area contributed by atoms with Crippen molar-refractivity contribution in [3.8, 4) is 91.0 Å². The van der Waals surface area contributed by atoms with Crippen LogP contribution in [0.25, 0.3) is 89.2 Å². The molecule has 2 atom stereocenters. The Bertz CT molecular complexity index is 7100. The van der Waals surface area contributed by atoms with Crippen LogP contribution in [0.4, 0.5) is 54.3 Å². The number of aryl methyl sites for hydroxylation is 4. The molecule has 13 heterocycles. The van der Waals surface area contributed by atoms with E-state index >= 15 is 0 Å². The third-order valence-electron chi connectivity index (χ3n) is 28.8. The standard InChI is InChI=1S/C32H41N7O2.C29H36N6O2.C28H34N6O2.C26H28F2N6O2/c1-36-22-24(20-34-36)32-21-33-30-9-8-25(18-31(30)35-32)39(27-16-28(40-2)19-29(17-27)41-3)14-7-11-37-15-10-26(23-37)38-12-5-4-6-13-38;1-21-8-5-6-11-34(21)12-7-13-35(24-14-25(36-3)17-26(15-24)37-4)23-9-10-27-28(16-23)32-29(19-30-27)22-18-31-33(2)20-22;1-32-20-21(18-30-32)28-19-29-26-9-8-22(16-27(26)31-28)34(13-7-12-33-10-5-4-6-11-33)23-14-24(35-2)17-25(15-23)36-3;1-32-15-18(13-30-32)25-14-29-23-6-5-19(11-24(23)31-25)34(8-4-7-33-16-26(27,28)17-33)20-9-21(35-2)12-22(10-20)36-3/h8-9,16-22,26H,4-7,10-15,23H2,1-3H3;9-10,14-21H,5-8,11-13H2,1-4H3;8-9,14-20H,4-7,10-13H2,1-3H3;5-6,9-15H,4,7-8,16-17H2,1-3H3. The van der Waals surface area contributed by atoms with Gasteiger partial charge in [-0.3, -0.25) is 48.5 Å². The molecule has 0 spiro atoms. The van der Waals surface area contributed by atoms with Gasteiger partial charge in [-0.1, -0.05) is 19.3 Å². The second-order valence-corrected chi connectivity index (χ2v) is 39.3. The maximum absolute atomic E-state index is 13.3. The maximum Gasteiger partial charge on any atom is 0.272 e. The minimum absolute atomic E-state index is 0.178. The van der Waals surface area contributed by atoms with Gasteiger partial charge in [-0.25, -0.2) is 28.7 Å². The molecular weight excluding hydrogens is 1900 g/mol. The molecule has 5 aliphatic heterocycles. The van der Waals surface area contributed by atoms with Crippen molar-refractivity contribution in [1.29, 1.82) is 0 Å². The third kappa shape index (κ3) is 26.7. The zero-order chi connectivity index (χ0) is 104. The molecule has 21 rings (SSSR count). The first-order valence-corrected chi connectivity index (χ1v) is 52.2. The van der Waals surface area contributed by atoms with Crippen molar-refractivity contribution in [2.24, 2.45) is 28.2 Å². The van der Waals surface area contributed by atoms with Gasteiger partial charge in [-0.15, -0.1) is 0 Å². The van der Waals surface area contributed by atoms with Crippen molar-refractivity contribution in [3.63, 3.8) is 0 Å². The molecule has 0 N–H and O–H groups in total. The predicted molar refractivity (Wildman–Crippen MR) is 588 cm³/mol. The van der Waals surface area contributed by atoms with Crippen LogP contribution in [0.3, 0.4) is 0 Å². The minimum atomic E-state index is -2.57. The second-order valence-electron chi connectivity index (χ2n) is 39.3. The molecule has 0 amide bonds. The van der Waals surface area contributed by atoms with Crippen molar-refractivity contribution >= 4 is 89.6 Å². The van der Waals surface area contributed by atoms with Gasteiger partial charge in [0.15, 0.2) is 0 Å². The van der Waals surface area contributed by atoms with Gasteiger partial charge in [-0.2, -0.15) is 20.4 Å². The van der Waals surface area contributed by atoms with E-state index in [0.717, 1.165) is 234 Å². The number of piperidine rings is 3. The number of nitrogens with zero attached hydrogens (tertiary/aromatic N) is 25. The lowest BCUT2D eigenvalue weighted by Crippen LogP contribution is -2.56. The summed E-state index contributed by atoms with van der Waals surface area (Å²) in [7, 11) is 20.9. The second kappa shape index (κ2) is 49.6. The number of likely N-dealkylation sites (tertiary alicyclic amines) is 5. The summed E-state index contributed by atoms with van der Waals surface area (Å²) in [6, 6.07) is 50.0. The molecule has 35 heteroatoms. The van der Waals surface area contributed by atoms with E-state index < -0.39 is 5.92 Å². The van der Waals surface area contributed by atoms with Crippen molar-refractivity contribution in [1.82, 2.24) is 103 Å². The van der Waals surface area contributed by atoms with Gasteiger partial charge in [0.2, 0.25) is 0 Å². The van der Waals surface area contributed by atoms with E-state index in [1.54, 1.807) is 92.9 Å². The highest BCUT2D eigenvalue weighted by atomic mass is 19.3. The van der Waals surface area contributed by atoms with E-state index in [1.807, 2.05) is 157 Å². The number of ether oxygens (including phenoxy) is 8. The smallest absolute Gasteiger partial charge is 0.272 e. The molecule has 0 radical (unpaired) electrons. The van der Waals surface area contributed by atoms with E-state index in [9.17, 15) is 8.78 Å². The van der Waals surface area contributed by atoms with Crippen LogP contribution in [0.5, 0.6) is 46.0 Å². The molecule has 150 heavy (non-hydrogen) atoms. The first kappa shape index (κ1) is 105. The Labute approximate surface area is 876 Å². The lowest BCUT2D eigenvalue weighted by Gasteiger charge is -2.39. The van der Waals surface area contributed by atoms with Crippen LogP contribution in [-0.2, 0) is 28.2 Å². The summed E-state index contributed by atoms with van der Waals surface area (Å²) >= 11 is 0. The summed E-state index contributed by atoms with van der Waals surface area (Å²) in [6.07, 6.45) is 39.3. The van der Waals surface area contributed by atoms with Crippen LogP contribution in [0, 0.1) is 0 Å². The summed E-state index contributed by atoms with van der Waals surface area (Å²) < 4.78 is 78.2. The normalized spacial score (nSPS) is 16.0. The predicted octanol–water partition coefficient (Wildman–Crippen LogP) is 20.2. The average molecular weight is 2040 g/mol. The summed E-state index contributed by atoms with van der Waals surface area (Å²) in [5.74, 6) is 3.37. The Morgan fingerprint density at radius 1 is 0.300 bits per heavy atom. The molecule has 2 unspecified atom stereocenters. The zero-order valence-electron chi connectivity index (χ0n) is 88.6. The molecule has 8 aromatic carbocycles. The molecule has 33 nitrogen and oxygen atoms in total. The molecule has 16 aromatic rings. The fraction of sp³-hybridized carbons (Fsp3) is 0.409. The SMILES string of the molecule is COc1cc(OC)cc(N(CCCN2CC(F)(F)C2)c2ccc3ncc(-c4cnn(C)c4)nc3c2)c1.COc1cc(OC)cc(N(CCCN2CCC(N3CCCCC3)C2)c2ccc3ncc(-c4cnn(C)c4)nc3c2)c1.COc1cc(OC)cc(N(CCCN2CCCCC2)c2ccc3ncc(-c4cnn(C)c4)nc3c2)c1.COc1cc(OC)cc(N(CCCN2CCCCC2C)c2ccc3ncc(-c4cnn(C)c4)nc3c2)c1. The number of anilines is 8. The number of halogens is 2. The fourth-order valence-electron chi connectivity index (χ4n) is 20.7. The number of alkyl halides is 2. The molecule has 5 saturated heterocycles. The van der Waals surface area contributed by atoms with Crippen molar-refractivity contribution in [2.75, 3.05) is 188 Å². The van der Waals surface area contributed by atoms with E-state index in [1.165, 1.54) is 110 Å². The Balaban J connectivity index is 0.000000131. The number of methoxy groups -OCH3 is 8. The van der Waals surface area contributed by atoms with Crippen molar-refractivity contribution < 1.29 is 46.7 Å². The largest absolute Gasteiger partial charge is 0.497 e. The molecule has 786 valence electrons. The highest BCUT2D eigenvalue weighted by molar-refractivity contribution is 5.87. The zero-order valence-corrected chi connectivity index (χ0v) is 88.6. The van der Waals surface area contributed by atoms with Gasteiger partial charge in [-0.05, 0) is 203 Å². The van der Waals surface area contributed by atoms with E-state index in [-0.39, 0.29) is 13.1 Å². The summed E-state index contributed by atoms with van der Waals surface area (Å²) in [4.78, 5) is 59.7. The molecule has 5 fully saturated rings. The van der Waals surface area contributed by atoms with Gasteiger partial charge in [0.1, 0.15) is 46.0 Å². The molecule has 8 aromatic heterocycles. The van der Waals surface area contributed by atoms with Gasteiger partial charge in [0.05, 0.1) is 186 Å². The van der Waals surface area contributed by atoms with Crippen LogP contribution in [0.1, 0.15) is 96.8 Å². The molecular formula is C115H139F2N25O8. The lowest BCUT2D eigenvalue weighted by atomic mass is 10.0. The Hall–Kier alpha value is -14.8. The fourth-order valence-corrected chi connectivity index (χ4v) is 20.7. The first-order chi connectivity index (χ1) is 73.1. The van der Waals surface area contributed by atoms with Gasteiger partial charge in [0, 0.05) is 251 Å². The molecule has 0 saturated carbocycles. The molecule has 0 aliphatic carbocycles. The highest BCUT2D eigenvalue weighted by Crippen LogP contribution is 2.42. The number of fused-ring (bicyclic) bond motifs is 4. The Kier molecular flexibility index (Phi) is 34.7. The topological polar surface area (TPSA) is 277 Å². The number of hydrogen-bond donors (Lipinski definition) is 0. The van der Waals surface area contributed by atoms with E-state index in [2.05, 4.69) is 165 Å². The number of rotatable bonds is 37. The highest BCUT2D eigenvalue weighted by Gasteiger charge is 2.43. The maximum atomic E-state index is 13.3.